The van der Waals surface area contributed by atoms with Crippen LogP contribution < -0.4 is 4.90 Å². The summed E-state index contributed by atoms with van der Waals surface area (Å²) in [7, 11) is 0. The molecular formula is C60H40N2. The van der Waals surface area contributed by atoms with Crippen molar-refractivity contribution in [2.75, 3.05) is 4.90 Å². The van der Waals surface area contributed by atoms with E-state index in [1.807, 2.05) is 0 Å². The molecule has 0 aliphatic rings. The number of benzene rings is 10. The van der Waals surface area contributed by atoms with Crippen molar-refractivity contribution in [1.29, 1.82) is 0 Å². The summed E-state index contributed by atoms with van der Waals surface area (Å²) in [6, 6.07) is 88.4. The Morgan fingerprint density at radius 3 is 1.50 bits per heavy atom. The van der Waals surface area contributed by atoms with Crippen LogP contribution in [0.1, 0.15) is 0 Å². The smallest absolute Gasteiger partial charge is 0.0625 e. The van der Waals surface area contributed by atoms with Crippen molar-refractivity contribution < 1.29 is 0 Å². The quantitative estimate of drug-likeness (QED) is 0.146. The maximum atomic E-state index is 2.48. The molecule has 2 heterocycles. The van der Waals surface area contributed by atoms with E-state index in [1.165, 1.54) is 82.1 Å². The first-order valence-electron chi connectivity index (χ1n) is 21.3. The van der Waals surface area contributed by atoms with Crippen LogP contribution in [-0.4, -0.2) is 4.40 Å². The topological polar surface area (TPSA) is 7.65 Å². The Balaban J connectivity index is 1.01. The Labute approximate surface area is 360 Å². The molecule has 0 radical (unpaired) electrons. The molecule has 12 aromatic rings. The average molecular weight is 789 g/mol. The first-order valence-corrected chi connectivity index (χ1v) is 21.3. The van der Waals surface area contributed by atoms with Crippen molar-refractivity contribution >= 4 is 65.8 Å². The van der Waals surface area contributed by atoms with Gasteiger partial charge in [0.25, 0.3) is 0 Å². The molecule has 2 nitrogen and oxygen atoms in total. The zero-order valence-corrected chi connectivity index (χ0v) is 34.0. The maximum Gasteiger partial charge on any atom is 0.0625 e. The number of fused-ring (bicyclic) bond motifs is 8. The minimum absolute atomic E-state index is 1.09. The monoisotopic (exact) mass is 788 g/mol. The van der Waals surface area contributed by atoms with E-state index in [2.05, 4.69) is 252 Å². The van der Waals surface area contributed by atoms with Crippen molar-refractivity contribution in [2.45, 2.75) is 0 Å². The fourth-order valence-corrected chi connectivity index (χ4v) is 9.58. The Hall–Kier alpha value is -8.20. The summed E-state index contributed by atoms with van der Waals surface area (Å²) in [6.45, 7) is 0. The number of hydrogen-bond acceptors (Lipinski definition) is 1. The number of nitrogens with zero attached hydrogens (tertiary/aromatic N) is 2. The number of rotatable bonds is 7. The van der Waals surface area contributed by atoms with Gasteiger partial charge < -0.3 is 9.30 Å². The van der Waals surface area contributed by atoms with E-state index in [-0.39, 0.29) is 0 Å². The van der Waals surface area contributed by atoms with Crippen molar-refractivity contribution in [3.63, 3.8) is 0 Å². The number of hydrogen-bond donors (Lipinski definition) is 0. The molecule has 0 N–H and O–H groups in total. The van der Waals surface area contributed by atoms with E-state index in [0.29, 0.717) is 0 Å². The number of pyridine rings is 1. The normalized spacial score (nSPS) is 11.5. The first-order chi connectivity index (χ1) is 30.7. The molecule has 0 aliphatic heterocycles. The van der Waals surface area contributed by atoms with E-state index >= 15 is 0 Å². The van der Waals surface area contributed by atoms with E-state index in [1.54, 1.807) is 0 Å². The Morgan fingerprint density at radius 2 is 0.774 bits per heavy atom. The summed E-state index contributed by atoms with van der Waals surface area (Å²) < 4.78 is 2.48. The Morgan fingerprint density at radius 1 is 0.274 bits per heavy atom. The molecule has 0 amide bonds. The summed E-state index contributed by atoms with van der Waals surface area (Å²) in [6.07, 6.45) is 0. The molecule has 12 rings (SSSR count). The molecule has 10 aromatic carbocycles. The van der Waals surface area contributed by atoms with E-state index in [0.717, 1.165) is 28.3 Å². The molecule has 2 aromatic heterocycles. The largest absolute Gasteiger partial charge is 0.310 e. The third-order valence-electron chi connectivity index (χ3n) is 12.5. The Bertz CT molecular complexity index is 3600. The van der Waals surface area contributed by atoms with Crippen LogP contribution >= 0.6 is 0 Å². The van der Waals surface area contributed by atoms with Crippen LogP contribution in [0.25, 0.3) is 93.4 Å². The first kappa shape index (κ1) is 35.7. The molecule has 0 aliphatic carbocycles. The molecule has 0 unspecified atom stereocenters. The molecular weight excluding hydrogens is 749 g/mol. The second kappa shape index (κ2) is 14.8. The molecule has 0 bridgehead atoms. The predicted octanol–water partition coefficient (Wildman–Crippen LogP) is 16.7. The predicted molar refractivity (Wildman–Crippen MR) is 264 cm³/mol. The standard InChI is InChI=1S/C60H40N2/c1-3-14-41(15-4-1)46-20-13-21-47(38-46)42-28-32-50(33-29-42)61(52-36-37-54-49(39-52)27-26-43-16-7-9-22-53(43)54)51-34-30-44(31-35-51)58-40-48-19-8-10-23-55(48)60-59(45-17-5-2-6-18-45)56-24-11-12-25-57(56)62(58)60/h1-40H. The van der Waals surface area contributed by atoms with Crippen LogP contribution in [0.15, 0.2) is 243 Å². The highest BCUT2D eigenvalue weighted by Gasteiger charge is 2.20. The summed E-state index contributed by atoms with van der Waals surface area (Å²) in [5.74, 6) is 0. The summed E-state index contributed by atoms with van der Waals surface area (Å²) in [5.41, 5.74) is 15.3. The van der Waals surface area contributed by atoms with Crippen molar-refractivity contribution in [3.05, 3.63) is 243 Å². The number of para-hydroxylation sites is 1. The van der Waals surface area contributed by atoms with E-state index in [9.17, 15) is 0 Å². The van der Waals surface area contributed by atoms with Gasteiger partial charge in [-0.15, -0.1) is 0 Å². The van der Waals surface area contributed by atoms with Crippen LogP contribution in [0.2, 0.25) is 0 Å². The van der Waals surface area contributed by atoms with Crippen molar-refractivity contribution in [3.8, 4) is 44.6 Å². The summed E-state index contributed by atoms with van der Waals surface area (Å²) in [4.78, 5) is 2.39. The van der Waals surface area contributed by atoms with E-state index < -0.39 is 0 Å². The zero-order valence-electron chi connectivity index (χ0n) is 34.0. The third kappa shape index (κ3) is 6.04. The highest BCUT2D eigenvalue weighted by Crippen LogP contribution is 2.44. The van der Waals surface area contributed by atoms with Gasteiger partial charge in [0, 0.05) is 33.4 Å². The molecule has 0 spiro atoms. The average Bonchev–Trinajstić information content (AvgIpc) is 3.70. The third-order valence-corrected chi connectivity index (χ3v) is 12.5. The molecule has 0 fully saturated rings. The highest BCUT2D eigenvalue weighted by molar-refractivity contribution is 6.16. The number of anilines is 3. The van der Waals surface area contributed by atoms with Gasteiger partial charge in [-0.3, -0.25) is 0 Å². The van der Waals surface area contributed by atoms with Gasteiger partial charge in [0.05, 0.1) is 16.7 Å². The van der Waals surface area contributed by atoms with Crippen molar-refractivity contribution in [1.82, 2.24) is 4.40 Å². The van der Waals surface area contributed by atoms with Crippen LogP contribution in [-0.2, 0) is 0 Å². The lowest BCUT2D eigenvalue weighted by Gasteiger charge is -2.26. The zero-order chi connectivity index (χ0) is 41.0. The van der Waals surface area contributed by atoms with Gasteiger partial charge in [-0.05, 0) is 115 Å². The fraction of sp³-hybridized carbons (Fsp3) is 0. The minimum Gasteiger partial charge on any atom is -0.310 e. The second-order valence-corrected chi connectivity index (χ2v) is 16.1. The van der Waals surface area contributed by atoms with Gasteiger partial charge in [0.15, 0.2) is 0 Å². The lowest BCUT2D eigenvalue weighted by Crippen LogP contribution is -2.10. The van der Waals surface area contributed by atoms with Gasteiger partial charge in [-0.1, -0.05) is 188 Å². The molecule has 0 atom stereocenters. The SMILES string of the molecule is c1ccc(-c2cccc(-c3ccc(N(c4ccc(-c5cc6ccccc6c6c(-c7ccccc7)c7ccccc7n56)cc4)c4ccc5c(ccc6ccccc65)c4)cc3)c2)cc1. The Kier molecular flexibility index (Phi) is 8.53. The van der Waals surface area contributed by atoms with Gasteiger partial charge in [0.2, 0.25) is 0 Å². The minimum atomic E-state index is 1.09. The molecule has 290 valence electrons. The van der Waals surface area contributed by atoms with Crippen LogP contribution in [0, 0.1) is 0 Å². The molecule has 62 heavy (non-hydrogen) atoms. The summed E-state index contributed by atoms with van der Waals surface area (Å²) >= 11 is 0. The number of aromatic nitrogens is 1. The fourth-order valence-electron chi connectivity index (χ4n) is 9.58. The van der Waals surface area contributed by atoms with Crippen molar-refractivity contribution in [2.24, 2.45) is 0 Å². The van der Waals surface area contributed by atoms with E-state index in [4.69, 9.17) is 0 Å². The second-order valence-electron chi connectivity index (χ2n) is 16.1. The molecule has 2 heteroatoms. The highest BCUT2D eigenvalue weighted by atomic mass is 15.1. The molecule has 0 saturated carbocycles. The van der Waals surface area contributed by atoms with Crippen LogP contribution in [0.4, 0.5) is 17.1 Å². The molecule has 0 saturated heterocycles. The maximum absolute atomic E-state index is 2.48. The van der Waals surface area contributed by atoms with Crippen LogP contribution in [0.3, 0.4) is 0 Å². The van der Waals surface area contributed by atoms with Crippen LogP contribution in [0.5, 0.6) is 0 Å². The lowest BCUT2D eigenvalue weighted by molar-refractivity contribution is 1.26. The lowest BCUT2D eigenvalue weighted by atomic mass is 9.98. The van der Waals surface area contributed by atoms with Gasteiger partial charge >= 0.3 is 0 Å². The summed E-state index contributed by atoms with van der Waals surface area (Å²) in [5, 5.41) is 8.70. The van der Waals surface area contributed by atoms with Gasteiger partial charge in [-0.2, -0.15) is 0 Å². The van der Waals surface area contributed by atoms with Gasteiger partial charge in [-0.25, -0.2) is 0 Å². The van der Waals surface area contributed by atoms with Gasteiger partial charge in [0.1, 0.15) is 0 Å².